The Bertz CT molecular complexity index is 452. The lowest BCUT2D eigenvalue weighted by Gasteiger charge is -2.33. The lowest BCUT2D eigenvalue weighted by molar-refractivity contribution is -0.149. The number of fused-ring (bicyclic) bond motifs is 1. The Morgan fingerprint density at radius 2 is 1.87 bits per heavy atom. The summed E-state index contributed by atoms with van der Waals surface area (Å²) in [6.07, 6.45) is 7.73. The highest BCUT2D eigenvalue weighted by molar-refractivity contribution is 5.84. The summed E-state index contributed by atoms with van der Waals surface area (Å²) in [7, 11) is 0. The second-order valence-electron chi connectivity index (χ2n) is 6.80. The Labute approximate surface area is 137 Å². The van der Waals surface area contributed by atoms with Gasteiger partial charge in [0.05, 0.1) is 0 Å². The first kappa shape index (κ1) is 17.8. The molecule has 3 unspecified atom stereocenters. The van der Waals surface area contributed by atoms with E-state index in [-0.39, 0.29) is 17.9 Å². The van der Waals surface area contributed by atoms with Crippen LogP contribution in [0.1, 0.15) is 64.7 Å². The lowest BCUT2D eigenvalue weighted by atomic mass is 9.84. The average molecular weight is 324 g/mol. The van der Waals surface area contributed by atoms with Crippen LogP contribution in [0.25, 0.3) is 0 Å². The molecule has 3 atom stereocenters. The number of nitrogens with zero attached hydrogens (tertiary/aromatic N) is 1. The van der Waals surface area contributed by atoms with E-state index in [4.69, 9.17) is 0 Å². The van der Waals surface area contributed by atoms with Crippen LogP contribution in [0.15, 0.2) is 0 Å². The van der Waals surface area contributed by atoms with Crippen molar-refractivity contribution in [3.8, 4) is 0 Å². The SMILES string of the molecule is CC(=O)NCCCCCC(=O)N1C(C(=O)O)CC2CCCCC21. The number of hydrogen-bond donors (Lipinski definition) is 2. The third-order valence-electron chi connectivity index (χ3n) is 5.10. The fraction of sp³-hybridized carbons (Fsp3) is 0.824. The van der Waals surface area contributed by atoms with Crippen molar-refractivity contribution in [1.29, 1.82) is 0 Å². The predicted molar refractivity (Wildman–Crippen MR) is 85.8 cm³/mol. The van der Waals surface area contributed by atoms with Gasteiger partial charge in [-0.25, -0.2) is 4.79 Å². The summed E-state index contributed by atoms with van der Waals surface area (Å²) in [6, 6.07) is -0.494. The minimum Gasteiger partial charge on any atom is -0.480 e. The van der Waals surface area contributed by atoms with Crippen LogP contribution in [0.4, 0.5) is 0 Å². The Balaban J connectivity index is 1.81. The van der Waals surface area contributed by atoms with Crippen molar-refractivity contribution in [2.45, 2.75) is 76.8 Å². The first-order valence-electron chi connectivity index (χ1n) is 8.79. The molecule has 0 radical (unpaired) electrons. The van der Waals surface area contributed by atoms with Gasteiger partial charge in [0, 0.05) is 25.9 Å². The zero-order valence-corrected chi connectivity index (χ0v) is 13.9. The summed E-state index contributed by atoms with van der Waals surface area (Å²) in [6.45, 7) is 2.12. The van der Waals surface area contributed by atoms with Gasteiger partial charge in [-0.15, -0.1) is 0 Å². The lowest BCUT2D eigenvalue weighted by Crippen LogP contribution is -2.46. The molecule has 0 aromatic heterocycles. The summed E-state index contributed by atoms with van der Waals surface area (Å²) in [5.74, 6) is -0.538. The molecule has 2 fully saturated rings. The zero-order valence-electron chi connectivity index (χ0n) is 13.9. The van der Waals surface area contributed by atoms with Crippen molar-refractivity contribution in [1.82, 2.24) is 10.2 Å². The maximum atomic E-state index is 12.5. The van der Waals surface area contributed by atoms with E-state index in [1.807, 2.05) is 0 Å². The van der Waals surface area contributed by atoms with Gasteiger partial charge in [0.25, 0.3) is 0 Å². The quantitative estimate of drug-likeness (QED) is 0.701. The first-order chi connectivity index (χ1) is 11.0. The molecule has 6 nitrogen and oxygen atoms in total. The smallest absolute Gasteiger partial charge is 0.326 e. The molecule has 1 saturated heterocycles. The van der Waals surface area contributed by atoms with Gasteiger partial charge in [0.15, 0.2) is 0 Å². The third kappa shape index (κ3) is 4.69. The van der Waals surface area contributed by atoms with Gasteiger partial charge >= 0.3 is 5.97 Å². The van der Waals surface area contributed by atoms with E-state index in [0.717, 1.165) is 44.9 Å². The summed E-state index contributed by atoms with van der Waals surface area (Å²) < 4.78 is 0. The van der Waals surface area contributed by atoms with Crippen molar-refractivity contribution in [2.24, 2.45) is 5.92 Å². The molecule has 2 amide bonds. The number of carbonyl (C=O) groups is 3. The highest BCUT2D eigenvalue weighted by Crippen LogP contribution is 2.40. The number of carboxylic acid groups (broad SMARTS) is 1. The van der Waals surface area contributed by atoms with E-state index >= 15 is 0 Å². The fourth-order valence-electron chi connectivity index (χ4n) is 4.01. The number of nitrogens with one attached hydrogen (secondary N) is 1. The number of unbranched alkanes of at least 4 members (excludes halogenated alkanes) is 2. The van der Waals surface area contributed by atoms with Gasteiger partial charge < -0.3 is 15.3 Å². The Morgan fingerprint density at radius 3 is 2.57 bits per heavy atom. The molecule has 1 saturated carbocycles. The molecule has 1 heterocycles. The van der Waals surface area contributed by atoms with Crippen LogP contribution in [0.5, 0.6) is 0 Å². The molecule has 2 rings (SSSR count). The second kappa shape index (κ2) is 8.31. The molecule has 0 spiro atoms. The van der Waals surface area contributed by atoms with Crippen LogP contribution in [0, 0.1) is 5.92 Å². The molecule has 1 aliphatic carbocycles. The van der Waals surface area contributed by atoms with Crippen molar-refractivity contribution >= 4 is 17.8 Å². The van der Waals surface area contributed by atoms with Crippen LogP contribution >= 0.6 is 0 Å². The van der Waals surface area contributed by atoms with Crippen LogP contribution in [0.3, 0.4) is 0 Å². The van der Waals surface area contributed by atoms with Crippen LogP contribution in [0.2, 0.25) is 0 Å². The molecule has 130 valence electrons. The van der Waals surface area contributed by atoms with Gasteiger partial charge in [-0.3, -0.25) is 9.59 Å². The van der Waals surface area contributed by atoms with Crippen molar-refractivity contribution < 1.29 is 19.5 Å². The number of aliphatic carboxylic acids is 1. The standard InChI is InChI=1S/C17H28N2O4/c1-12(20)18-10-6-2-3-9-16(21)19-14-8-5-4-7-13(14)11-15(19)17(22)23/h13-15H,2-11H2,1H3,(H,18,20)(H,22,23). The van der Waals surface area contributed by atoms with Crippen LogP contribution in [-0.2, 0) is 14.4 Å². The molecule has 2 N–H and O–H groups in total. The van der Waals surface area contributed by atoms with Crippen molar-refractivity contribution in [2.75, 3.05) is 6.54 Å². The molecule has 0 aromatic carbocycles. The summed E-state index contributed by atoms with van der Waals surface area (Å²) in [5, 5.41) is 12.2. The van der Waals surface area contributed by atoms with Crippen molar-refractivity contribution in [3.05, 3.63) is 0 Å². The highest BCUT2D eigenvalue weighted by Gasteiger charge is 2.47. The van der Waals surface area contributed by atoms with E-state index in [0.29, 0.717) is 25.3 Å². The number of carboxylic acids is 1. The molecule has 2 aliphatic rings. The summed E-state index contributed by atoms with van der Waals surface area (Å²) in [5.41, 5.74) is 0. The minimum absolute atomic E-state index is 0.00803. The largest absolute Gasteiger partial charge is 0.480 e. The number of rotatable bonds is 7. The number of carbonyl (C=O) groups excluding carboxylic acids is 2. The van der Waals surface area contributed by atoms with E-state index in [1.165, 1.54) is 6.92 Å². The fourth-order valence-corrected chi connectivity index (χ4v) is 4.01. The normalized spacial score (nSPS) is 26.7. The number of likely N-dealkylation sites (tertiary alicyclic amines) is 1. The van der Waals surface area contributed by atoms with Gasteiger partial charge in [-0.05, 0) is 38.0 Å². The molecule has 23 heavy (non-hydrogen) atoms. The van der Waals surface area contributed by atoms with E-state index < -0.39 is 12.0 Å². The maximum absolute atomic E-state index is 12.5. The molecule has 0 bridgehead atoms. The Hall–Kier alpha value is -1.59. The molecule has 0 aromatic rings. The van der Waals surface area contributed by atoms with Crippen LogP contribution in [-0.4, -0.2) is 46.4 Å². The van der Waals surface area contributed by atoms with Crippen molar-refractivity contribution in [3.63, 3.8) is 0 Å². The minimum atomic E-state index is -0.863. The van der Waals surface area contributed by atoms with Gasteiger partial charge in [0.2, 0.25) is 11.8 Å². The highest BCUT2D eigenvalue weighted by atomic mass is 16.4. The zero-order chi connectivity index (χ0) is 16.8. The molecular formula is C17H28N2O4. The first-order valence-corrected chi connectivity index (χ1v) is 8.79. The second-order valence-corrected chi connectivity index (χ2v) is 6.80. The molecular weight excluding hydrogens is 296 g/mol. The summed E-state index contributed by atoms with van der Waals surface area (Å²) >= 11 is 0. The summed E-state index contributed by atoms with van der Waals surface area (Å²) in [4.78, 5) is 36.5. The predicted octanol–water partition coefficient (Wildman–Crippen LogP) is 1.93. The maximum Gasteiger partial charge on any atom is 0.326 e. The number of hydrogen-bond acceptors (Lipinski definition) is 3. The van der Waals surface area contributed by atoms with E-state index in [1.54, 1.807) is 4.90 Å². The van der Waals surface area contributed by atoms with Gasteiger partial charge in [0.1, 0.15) is 6.04 Å². The van der Waals surface area contributed by atoms with E-state index in [2.05, 4.69) is 5.32 Å². The van der Waals surface area contributed by atoms with E-state index in [9.17, 15) is 19.5 Å². The third-order valence-corrected chi connectivity index (χ3v) is 5.10. The van der Waals surface area contributed by atoms with Gasteiger partial charge in [-0.2, -0.15) is 0 Å². The topological polar surface area (TPSA) is 86.7 Å². The monoisotopic (exact) mass is 324 g/mol. The van der Waals surface area contributed by atoms with Gasteiger partial charge in [-0.1, -0.05) is 19.3 Å². The molecule has 1 aliphatic heterocycles. The Kier molecular flexibility index (Phi) is 6.42. The number of amides is 2. The molecule has 6 heteroatoms. The average Bonchev–Trinajstić information content (AvgIpc) is 2.90. The Morgan fingerprint density at radius 1 is 1.13 bits per heavy atom. The van der Waals surface area contributed by atoms with Crippen LogP contribution < -0.4 is 5.32 Å².